The number of nitrogens with zero attached hydrogens (tertiary/aromatic N) is 1. The number of aliphatic imine (C=N–C) groups is 1. The smallest absolute Gasteiger partial charge is 0.0576 e. The maximum atomic E-state index is 6.07. The van der Waals surface area contributed by atoms with Gasteiger partial charge in [-0.1, -0.05) is 54.6 Å². The number of aryl methyl sites for hydroxylation is 1. The summed E-state index contributed by atoms with van der Waals surface area (Å²) in [5.74, 6) is 0. The van der Waals surface area contributed by atoms with Gasteiger partial charge in [0, 0.05) is 16.4 Å². The third-order valence-corrected chi connectivity index (χ3v) is 3.24. The van der Waals surface area contributed by atoms with E-state index in [0.717, 1.165) is 27.4 Å². The second-order valence-electron chi connectivity index (χ2n) is 5.02. The van der Waals surface area contributed by atoms with Crippen LogP contribution in [0.25, 0.3) is 0 Å². The van der Waals surface area contributed by atoms with Gasteiger partial charge in [-0.05, 0) is 49.6 Å². The van der Waals surface area contributed by atoms with Gasteiger partial charge in [-0.15, -0.1) is 0 Å². The van der Waals surface area contributed by atoms with Crippen LogP contribution in [0.15, 0.2) is 71.4 Å². The van der Waals surface area contributed by atoms with E-state index >= 15 is 0 Å². The zero-order valence-corrected chi connectivity index (χ0v) is 14.2. The first-order valence-electron chi connectivity index (χ1n) is 7.17. The molecular formula is C19H23ClN2. The highest BCUT2D eigenvalue weighted by Crippen LogP contribution is 2.15. The third kappa shape index (κ3) is 6.15. The second kappa shape index (κ2) is 9.06. The molecule has 0 saturated heterocycles. The number of nitrogens with two attached hydrogens (primary N) is 1. The Morgan fingerprint density at radius 1 is 1.36 bits per heavy atom. The fourth-order valence-corrected chi connectivity index (χ4v) is 2.20. The molecule has 0 fully saturated rings. The molecule has 0 atom stereocenters. The maximum Gasteiger partial charge on any atom is 0.0576 e. The van der Waals surface area contributed by atoms with Crippen molar-refractivity contribution < 1.29 is 0 Å². The second-order valence-corrected chi connectivity index (χ2v) is 5.46. The highest BCUT2D eigenvalue weighted by Gasteiger charge is 1.99. The minimum absolute atomic E-state index is 0.553. The van der Waals surface area contributed by atoms with Crippen LogP contribution in [0.1, 0.15) is 25.0 Å². The molecule has 0 aliphatic rings. The van der Waals surface area contributed by atoms with Gasteiger partial charge in [0.05, 0.1) is 6.54 Å². The molecule has 1 aromatic rings. The minimum atomic E-state index is 0.553. The molecule has 3 heteroatoms. The lowest BCUT2D eigenvalue weighted by Crippen LogP contribution is -1.97. The molecule has 0 bridgehead atoms. The van der Waals surface area contributed by atoms with E-state index in [4.69, 9.17) is 17.3 Å². The maximum absolute atomic E-state index is 6.07. The van der Waals surface area contributed by atoms with E-state index in [1.807, 2.05) is 63.3 Å². The Morgan fingerprint density at radius 2 is 2.09 bits per heavy atom. The average Bonchev–Trinajstić information content (AvgIpc) is 2.44. The predicted molar refractivity (Wildman–Crippen MR) is 98.6 cm³/mol. The summed E-state index contributed by atoms with van der Waals surface area (Å²) in [7, 11) is 0. The molecule has 116 valence electrons. The van der Waals surface area contributed by atoms with E-state index < -0.39 is 0 Å². The number of allylic oxidation sites excluding steroid dienone is 4. The van der Waals surface area contributed by atoms with Crippen molar-refractivity contribution in [1.29, 1.82) is 0 Å². The van der Waals surface area contributed by atoms with Crippen LogP contribution in [0.4, 0.5) is 0 Å². The first-order chi connectivity index (χ1) is 10.4. The Balaban J connectivity index is 2.74. The van der Waals surface area contributed by atoms with Crippen molar-refractivity contribution in [1.82, 2.24) is 0 Å². The van der Waals surface area contributed by atoms with Crippen molar-refractivity contribution in [2.24, 2.45) is 10.7 Å². The number of hydrogen-bond donors (Lipinski definition) is 1. The van der Waals surface area contributed by atoms with Crippen molar-refractivity contribution in [3.63, 3.8) is 0 Å². The summed E-state index contributed by atoms with van der Waals surface area (Å²) in [6, 6.07) is 5.95. The van der Waals surface area contributed by atoms with Crippen molar-refractivity contribution in [2.75, 3.05) is 6.54 Å². The Hall–Kier alpha value is -2.06. The average molecular weight is 315 g/mol. The van der Waals surface area contributed by atoms with E-state index in [1.165, 1.54) is 0 Å². The van der Waals surface area contributed by atoms with Gasteiger partial charge in [0.15, 0.2) is 0 Å². The van der Waals surface area contributed by atoms with Crippen LogP contribution in [0.2, 0.25) is 5.02 Å². The van der Waals surface area contributed by atoms with Crippen molar-refractivity contribution >= 4 is 17.3 Å². The quantitative estimate of drug-likeness (QED) is 0.583. The molecule has 22 heavy (non-hydrogen) atoms. The monoisotopic (exact) mass is 314 g/mol. The van der Waals surface area contributed by atoms with Crippen molar-refractivity contribution in [2.45, 2.75) is 20.8 Å². The zero-order chi connectivity index (χ0) is 16.5. The number of hydrogen-bond acceptors (Lipinski definition) is 2. The molecule has 0 amide bonds. The van der Waals surface area contributed by atoms with Gasteiger partial charge < -0.3 is 5.73 Å². The summed E-state index contributed by atoms with van der Waals surface area (Å²) in [6.45, 7) is 10.3. The normalized spacial score (nSPS) is 13.3. The lowest BCUT2D eigenvalue weighted by atomic mass is 10.1. The summed E-state index contributed by atoms with van der Waals surface area (Å²) in [5, 5.41) is 0.737. The molecule has 0 radical (unpaired) electrons. The fourth-order valence-electron chi connectivity index (χ4n) is 1.91. The molecular weight excluding hydrogens is 292 g/mol. The topological polar surface area (TPSA) is 38.4 Å². The summed E-state index contributed by atoms with van der Waals surface area (Å²) in [4.78, 5) is 4.53. The number of halogens is 1. The van der Waals surface area contributed by atoms with E-state index in [9.17, 15) is 0 Å². The number of benzene rings is 1. The standard InChI is InChI=1S/C19H23ClN2/c1-5-8-17(15(3)21)9-6-7-10-22-16(4)18-11-14(2)12-19(20)13-18/h5-9,11-13H,3,10,21H2,1-2,4H3/b7-6+,8-5-,17-9+,22-16?. The van der Waals surface area contributed by atoms with Gasteiger partial charge in [0.2, 0.25) is 0 Å². The molecule has 0 aliphatic carbocycles. The van der Waals surface area contributed by atoms with Gasteiger partial charge in [0.1, 0.15) is 0 Å². The van der Waals surface area contributed by atoms with Crippen LogP contribution in [-0.4, -0.2) is 12.3 Å². The molecule has 0 spiro atoms. The molecule has 0 unspecified atom stereocenters. The van der Waals surface area contributed by atoms with Gasteiger partial charge in [-0.2, -0.15) is 0 Å². The van der Waals surface area contributed by atoms with Crippen molar-refractivity contribution in [3.8, 4) is 0 Å². The Labute approximate surface area is 138 Å². The summed E-state index contributed by atoms with van der Waals surface area (Å²) in [6.07, 6.45) is 9.70. The first kappa shape index (κ1) is 18.0. The first-order valence-corrected chi connectivity index (χ1v) is 7.54. The molecule has 2 nitrogen and oxygen atoms in total. The summed E-state index contributed by atoms with van der Waals surface area (Å²) < 4.78 is 0. The lowest BCUT2D eigenvalue weighted by Gasteiger charge is -2.03. The van der Waals surface area contributed by atoms with Crippen LogP contribution < -0.4 is 5.73 Å². The fraction of sp³-hybridized carbons (Fsp3) is 0.211. The Morgan fingerprint density at radius 3 is 2.68 bits per heavy atom. The molecule has 0 saturated carbocycles. The highest BCUT2D eigenvalue weighted by atomic mass is 35.5. The van der Waals surface area contributed by atoms with E-state index in [2.05, 4.69) is 17.6 Å². The van der Waals surface area contributed by atoms with Gasteiger partial charge >= 0.3 is 0 Å². The lowest BCUT2D eigenvalue weighted by molar-refractivity contribution is 1.23. The molecule has 2 N–H and O–H groups in total. The van der Waals surface area contributed by atoms with Crippen LogP contribution >= 0.6 is 11.6 Å². The summed E-state index contributed by atoms with van der Waals surface area (Å²) in [5.41, 5.74) is 10.3. The van der Waals surface area contributed by atoms with E-state index in [0.29, 0.717) is 12.2 Å². The molecule has 0 aliphatic heterocycles. The Kier molecular flexibility index (Phi) is 7.41. The Bertz CT molecular complexity index is 629. The molecule has 0 heterocycles. The summed E-state index contributed by atoms with van der Waals surface area (Å²) >= 11 is 6.07. The minimum Gasteiger partial charge on any atom is -0.399 e. The van der Waals surface area contributed by atoms with Crippen LogP contribution in [0.5, 0.6) is 0 Å². The predicted octanol–water partition coefficient (Wildman–Crippen LogP) is 4.99. The van der Waals surface area contributed by atoms with Crippen LogP contribution in [0, 0.1) is 6.92 Å². The highest BCUT2D eigenvalue weighted by molar-refractivity contribution is 6.31. The van der Waals surface area contributed by atoms with E-state index in [-0.39, 0.29) is 0 Å². The van der Waals surface area contributed by atoms with Crippen LogP contribution in [-0.2, 0) is 0 Å². The zero-order valence-electron chi connectivity index (χ0n) is 13.4. The third-order valence-electron chi connectivity index (χ3n) is 3.02. The SMILES string of the molecule is C=C(N)C(/C=C\C)=C/C=C/CN=C(C)c1cc(C)cc(Cl)c1. The van der Waals surface area contributed by atoms with Gasteiger partial charge in [-0.3, -0.25) is 4.99 Å². The molecule has 1 rings (SSSR count). The molecule has 0 aromatic heterocycles. The largest absolute Gasteiger partial charge is 0.399 e. The van der Waals surface area contributed by atoms with Crippen molar-refractivity contribution in [3.05, 3.63) is 82.6 Å². The van der Waals surface area contributed by atoms with Gasteiger partial charge in [-0.25, -0.2) is 0 Å². The van der Waals surface area contributed by atoms with Crippen LogP contribution in [0.3, 0.4) is 0 Å². The molecule has 1 aromatic carbocycles. The van der Waals surface area contributed by atoms with Gasteiger partial charge in [0.25, 0.3) is 0 Å². The van der Waals surface area contributed by atoms with E-state index in [1.54, 1.807) is 0 Å². The number of rotatable bonds is 6.